The number of halogens is 1. The molecule has 2 atom stereocenters. The molecule has 3 rings (SSSR count). The molecule has 4 N–H and O–H groups in total. The Balaban J connectivity index is 0.00000243. The number of thiazole rings is 1. The molecule has 8 heteroatoms. The predicted octanol–water partition coefficient (Wildman–Crippen LogP) is 5.47. The molecule has 140 valence electrons. The van der Waals surface area contributed by atoms with Crippen molar-refractivity contribution in [3.63, 3.8) is 0 Å². The molecule has 1 aliphatic heterocycles. The Labute approximate surface area is 173 Å². The van der Waals surface area contributed by atoms with Gasteiger partial charge in [-0.05, 0) is 23.8 Å². The third kappa shape index (κ3) is 3.91. The molecular formula is C18H23ClN4S3. The van der Waals surface area contributed by atoms with Crippen LogP contribution in [0.1, 0.15) is 36.9 Å². The summed E-state index contributed by atoms with van der Waals surface area (Å²) in [5.41, 5.74) is 11.2. The number of nitrogens with two attached hydrogens (primary N) is 1. The highest BCUT2D eigenvalue weighted by Crippen LogP contribution is 2.54. The number of anilines is 1. The number of thioether (sulfide) groups is 2. The molecule has 0 bridgehead atoms. The van der Waals surface area contributed by atoms with Gasteiger partial charge in [-0.2, -0.15) is 0 Å². The molecule has 2 unspecified atom stereocenters. The van der Waals surface area contributed by atoms with Crippen molar-refractivity contribution in [3.05, 3.63) is 56.7 Å². The predicted molar refractivity (Wildman–Crippen MR) is 120 cm³/mol. The lowest BCUT2D eigenvalue weighted by molar-refractivity contribution is 0.725. The Morgan fingerprint density at radius 2 is 2.12 bits per heavy atom. The van der Waals surface area contributed by atoms with Gasteiger partial charge in [0.25, 0.3) is 0 Å². The van der Waals surface area contributed by atoms with Gasteiger partial charge in [-0.1, -0.05) is 49.9 Å². The van der Waals surface area contributed by atoms with E-state index < -0.39 is 4.87 Å². The normalized spacial score (nSPS) is 22.0. The highest BCUT2D eigenvalue weighted by atomic mass is 35.5. The van der Waals surface area contributed by atoms with Crippen LogP contribution in [-0.4, -0.2) is 21.9 Å². The first kappa shape index (κ1) is 21.2. The van der Waals surface area contributed by atoms with Crippen molar-refractivity contribution in [2.24, 2.45) is 5.73 Å². The third-order valence-corrected chi connectivity index (χ3v) is 7.41. The van der Waals surface area contributed by atoms with Gasteiger partial charge in [-0.15, -0.1) is 35.5 Å². The summed E-state index contributed by atoms with van der Waals surface area (Å²) >= 11 is 4.86. The number of rotatable bonds is 6. The Hall–Kier alpha value is -1.15. The number of benzene rings is 1. The molecule has 2 aromatic rings. The second-order valence-electron chi connectivity index (χ2n) is 6.20. The topological polar surface area (TPSA) is 74.8 Å². The van der Waals surface area contributed by atoms with E-state index in [0.29, 0.717) is 5.92 Å². The van der Waals surface area contributed by atoms with Crippen molar-refractivity contribution in [2.45, 2.75) is 30.6 Å². The van der Waals surface area contributed by atoms with Crippen LogP contribution in [0.15, 0.2) is 45.5 Å². The summed E-state index contributed by atoms with van der Waals surface area (Å²) in [6.45, 7) is 4.35. The van der Waals surface area contributed by atoms with Crippen LogP contribution in [0.5, 0.6) is 0 Å². The van der Waals surface area contributed by atoms with E-state index in [0.717, 1.165) is 15.6 Å². The summed E-state index contributed by atoms with van der Waals surface area (Å²) in [6, 6.07) is 8.26. The van der Waals surface area contributed by atoms with Crippen molar-refractivity contribution < 1.29 is 0 Å². The summed E-state index contributed by atoms with van der Waals surface area (Å²) in [4.78, 5) is 3.75. The Morgan fingerprint density at radius 3 is 2.69 bits per heavy atom. The van der Waals surface area contributed by atoms with E-state index in [1.807, 2.05) is 23.0 Å². The number of aromatic nitrogens is 1. The molecule has 2 heterocycles. The van der Waals surface area contributed by atoms with Gasteiger partial charge in [0.1, 0.15) is 5.84 Å². The summed E-state index contributed by atoms with van der Waals surface area (Å²) in [6.07, 6.45) is 4.23. The van der Waals surface area contributed by atoms with E-state index in [9.17, 15) is 0 Å². The van der Waals surface area contributed by atoms with Gasteiger partial charge in [-0.25, -0.2) is 4.98 Å². The van der Waals surface area contributed by atoms with Gasteiger partial charge in [0, 0.05) is 15.3 Å². The number of nitrogens with one attached hydrogen (secondary N) is 2. The van der Waals surface area contributed by atoms with Gasteiger partial charge >= 0.3 is 0 Å². The number of amidine groups is 1. The van der Waals surface area contributed by atoms with Crippen LogP contribution < -0.4 is 11.1 Å². The molecule has 1 aromatic heterocycles. The maximum atomic E-state index is 8.39. The van der Waals surface area contributed by atoms with Gasteiger partial charge in [0.15, 0.2) is 4.87 Å². The molecule has 0 radical (unpaired) electrons. The smallest absolute Gasteiger partial charge is 0.158 e. The molecule has 0 amide bonds. The standard InChI is InChI=1S/C18H22N4S3.ClH/c1-11(2)12-6-4-5-7-14(12)22-18(17(19)20)13(8-16(23-3)25-18)15-9-24-10-21-15;/h4-11,13,22H,1-3H3,(H3,19,20);1H. The SMILES string of the molecule is CSC1=CC(c2cscn2)C(Nc2ccccc2C(C)C)(C(=N)N)S1.Cl. The van der Waals surface area contributed by atoms with E-state index in [1.165, 1.54) is 5.56 Å². The zero-order valence-corrected chi connectivity index (χ0v) is 18.1. The Kier molecular flexibility index (Phi) is 7.07. The number of nitrogens with zero attached hydrogens (tertiary/aromatic N) is 1. The number of hydrogen-bond acceptors (Lipinski definition) is 6. The van der Waals surface area contributed by atoms with Crippen LogP contribution in [0, 0.1) is 5.41 Å². The van der Waals surface area contributed by atoms with Crippen LogP contribution in [0.2, 0.25) is 0 Å². The lowest BCUT2D eigenvalue weighted by Crippen LogP contribution is -2.50. The maximum absolute atomic E-state index is 8.39. The molecular weight excluding hydrogens is 404 g/mol. The van der Waals surface area contributed by atoms with Gasteiger partial charge in [0.05, 0.1) is 17.1 Å². The first-order valence-corrected chi connectivity index (χ1v) is 11.0. The molecule has 1 aromatic carbocycles. The van der Waals surface area contributed by atoms with Crippen LogP contribution in [0.3, 0.4) is 0 Å². The molecule has 4 nitrogen and oxygen atoms in total. The second-order valence-corrected chi connectivity index (χ2v) is 9.31. The van der Waals surface area contributed by atoms with Crippen LogP contribution in [0.25, 0.3) is 0 Å². The lowest BCUT2D eigenvalue weighted by Gasteiger charge is -2.35. The maximum Gasteiger partial charge on any atom is 0.158 e. The highest BCUT2D eigenvalue weighted by Gasteiger charge is 2.49. The van der Waals surface area contributed by atoms with E-state index in [4.69, 9.17) is 11.1 Å². The first-order valence-electron chi connectivity index (χ1n) is 8.02. The van der Waals surface area contributed by atoms with Crippen molar-refractivity contribution >= 4 is 58.8 Å². The molecule has 0 spiro atoms. The minimum absolute atomic E-state index is 0. The van der Waals surface area contributed by atoms with Crippen molar-refractivity contribution in [1.82, 2.24) is 4.98 Å². The van der Waals surface area contributed by atoms with Gasteiger partial charge in [0.2, 0.25) is 0 Å². The lowest BCUT2D eigenvalue weighted by atomic mass is 9.93. The average molecular weight is 427 g/mol. The summed E-state index contributed by atoms with van der Waals surface area (Å²) in [5, 5.41) is 14.1. The summed E-state index contributed by atoms with van der Waals surface area (Å²) < 4.78 is 1.16. The van der Waals surface area contributed by atoms with E-state index in [-0.39, 0.29) is 24.2 Å². The quantitative estimate of drug-likeness (QED) is 0.422. The summed E-state index contributed by atoms with van der Waals surface area (Å²) in [5.74, 6) is 0.420. The highest BCUT2D eigenvalue weighted by molar-refractivity contribution is 8.23. The van der Waals surface area contributed by atoms with E-state index in [2.05, 4.69) is 48.6 Å². The van der Waals surface area contributed by atoms with E-state index >= 15 is 0 Å². The number of hydrogen-bond donors (Lipinski definition) is 3. The largest absolute Gasteiger partial charge is 0.385 e. The minimum Gasteiger partial charge on any atom is -0.385 e. The molecule has 0 saturated carbocycles. The summed E-state index contributed by atoms with van der Waals surface area (Å²) in [7, 11) is 0. The second kappa shape index (κ2) is 8.69. The average Bonchev–Trinajstić information content (AvgIpc) is 3.23. The molecule has 0 aliphatic carbocycles. The molecule has 0 fully saturated rings. The third-order valence-electron chi connectivity index (χ3n) is 4.28. The van der Waals surface area contributed by atoms with Crippen LogP contribution in [0.4, 0.5) is 5.69 Å². The van der Waals surface area contributed by atoms with Crippen molar-refractivity contribution in [2.75, 3.05) is 11.6 Å². The van der Waals surface area contributed by atoms with Gasteiger partial charge in [-0.3, -0.25) is 5.41 Å². The Bertz CT molecular complexity index is 791. The molecule has 26 heavy (non-hydrogen) atoms. The molecule has 1 aliphatic rings. The van der Waals surface area contributed by atoms with Crippen LogP contribution >= 0.6 is 47.3 Å². The zero-order chi connectivity index (χ0) is 18.0. The van der Waals surface area contributed by atoms with Gasteiger partial charge < -0.3 is 11.1 Å². The zero-order valence-electron chi connectivity index (χ0n) is 14.9. The first-order chi connectivity index (χ1) is 12.0. The number of para-hydroxylation sites is 1. The van der Waals surface area contributed by atoms with E-state index in [1.54, 1.807) is 34.9 Å². The monoisotopic (exact) mass is 426 g/mol. The van der Waals surface area contributed by atoms with Crippen molar-refractivity contribution in [1.29, 1.82) is 5.41 Å². The van der Waals surface area contributed by atoms with Crippen molar-refractivity contribution in [3.8, 4) is 0 Å². The Morgan fingerprint density at radius 1 is 1.38 bits per heavy atom. The minimum atomic E-state index is -0.753. The molecule has 0 saturated heterocycles. The fourth-order valence-electron chi connectivity index (χ4n) is 3.00. The van der Waals surface area contributed by atoms with Crippen LogP contribution in [-0.2, 0) is 0 Å². The fraction of sp³-hybridized carbons (Fsp3) is 0.333. The fourth-order valence-corrected chi connectivity index (χ4v) is 5.69.